The van der Waals surface area contributed by atoms with Gasteiger partial charge in [-0.05, 0) is 50.3 Å². The Morgan fingerprint density at radius 3 is 2.70 bits per heavy atom. The molecule has 23 heavy (non-hydrogen) atoms. The van der Waals surface area contributed by atoms with Crippen LogP contribution in [0, 0.1) is 20.8 Å². The third kappa shape index (κ3) is 4.94. The second kappa shape index (κ2) is 8.31. The zero-order valence-corrected chi connectivity index (χ0v) is 14.4. The van der Waals surface area contributed by atoms with E-state index in [2.05, 4.69) is 38.2 Å². The Bertz CT molecular complexity index is 522. The van der Waals surface area contributed by atoms with E-state index in [1.807, 2.05) is 4.90 Å². The van der Waals surface area contributed by atoms with Crippen LogP contribution in [0.3, 0.4) is 0 Å². The number of aliphatic hydroxyl groups excluding tert-OH is 1. The number of carbonyl (C=O) groups is 1. The SMILES string of the molecule is Cc1cc(C)c(CNC(=O)N2CCC[C@@H](OCCO)C2)c(C)c1. The highest BCUT2D eigenvalue weighted by Gasteiger charge is 2.24. The van der Waals surface area contributed by atoms with E-state index in [1.54, 1.807) is 0 Å². The van der Waals surface area contributed by atoms with Crippen LogP contribution in [-0.4, -0.2) is 48.4 Å². The maximum atomic E-state index is 12.4. The van der Waals surface area contributed by atoms with Crippen LogP contribution in [0.15, 0.2) is 12.1 Å². The van der Waals surface area contributed by atoms with Gasteiger partial charge in [-0.3, -0.25) is 0 Å². The summed E-state index contributed by atoms with van der Waals surface area (Å²) in [6.45, 7) is 8.52. The lowest BCUT2D eigenvalue weighted by atomic mass is 10.00. The van der Waals surface area contributed by atoms with Gasteiger partial charge in [0, 0.05) is 19.6 Å². The number of aliphatic hydroxyl groups is 1. The number of nitrogens with one attached hydrogen (secondary N) is 1. The molecule has 1 saturated heterocycles. The predicted molar refractivity (Wildman–Crippen MR) is 90.5 cm³/mol. The van der Waals surface area contributed by atoms with Gasteiger partial charge < -0.3 is 20.1 Å². The summed E-state index contributed by atoms with van der Waals surface area (Å²) in [5.41, 5.74) is 4.86. The van der Waals surface area contributed by atoms with Crippen molar-refractivity contribution in [2.45, 2.75) is 46.3 Å². The number of aryl methyl sites for hydroxylation is 3. The predicted octanol–water partition coefficient (Wildman–Crippen LogP) is 2.29. The van der Waals surface area contributed by atoms with Gasteiger partial charge in [0.2, 0.25) is 0 Å². The molecule has 2 rings (SSSR count). The Balaban J connectivity index is 1.89. The molecule has 0 unspecified atom stereocenters. The van der Waals surface area contributed by atoms with Crippen molar-refractivity contribution in [3.63, 3.8) is 0 Å². The van der Waals surface area contributed by atoms with Crippen LogP contribution in [0.4, 0.5) is 4.79 Å². The molecule has 1 heterocycles. The monoisotopic (exact) mass is 320 g/mol. The zero-order chi connectivity index (χ0) is 16.8. The van der Waals surface area contributed by atoms with E-state index >= 15 is 0 Å². The molecule has 0 aliphatic carbocycles. The number of piperidine rings is 1. The second-order valence-corrected chi connectivity index (χ2v) is 6.34. The first-order valence-corrected chi connectivity index (χ1v) is 8.33. The molecule has 2 N–H and O–H groups in total. The van der Waals surface area contributed by atoms with E-state index in [9.17, 15) is 4.79 Å². The number of benzene rings is 1. The van der Waals surface area contributed by atoms with Crippen molar-refractivity contribution in [1.29, 1.82) is 0 Å². The zero-order valence-electron chi connectivity index (χ0n) is 14.4. The Morgan fingerprint density at radius 2 is 2.04 bits per heavy atom. The molecule has 128 valence electrons. The number of rotatable bonds is 5. The Hall–Kier alpha value is -1.59. The van der Waals surface area contributed by atoms with E-state index in [0.29, 0.717) is 19.7 Å². The largest absolute Gasteiger partial charge is 0.394 e. The van der Waals surface area contributed by atoms with Gasteiger partial charge in [-0.25, -0.2) is 4.79 Å². The van der Waals surface area contributed by atoms with Crippen molar-refractivity contribution in [2.75, 3.05) is 26.3 Å². The fourth-order valence-electron chi connectivity index (χ4n) is 3.24. The molecule has 0 bridgehead atoms. The molecule has 0 radical (unpaired) electrons. The lowest BCUT2D eigenvalue weighted by Gasteiger charge is -2.32. The number of nitrogens with zero attached hydrogens (tertiary/aromatic N) is 1. The van der Waals surface area contributed by atoms with E-state index < -0.39 is 0 Å². The number of urea groups is 1. The van der Waals surface area contributed by atoms with Gasteiger partial charge in [0.25, 0.3) is 0 Å². The molecule has 1 atom stereocenters. The first-order chi connectivity index (χ1) is 11.0. The van der Waals surface area contributed by atoms with Gasteiger partial charge >= 0.3 is 6.03 Å². The Kier molecular flexibility index (Phi) is 6.42. The maximum absolute atomic E-state index is 12.4. The average molecular weight is 320 g/mol. The molecular formula is C18H28N2O3. The van der Waals surface area contributed by atoms with Gasteiger partial charge in [0.15, 0.2) is 0 Å². The summed E-state index contributed by atoms with van der Waals surface area (Å²) in [6.07, 6.45) is 1.91. The quantitative estimate of drug-likeness (QED) is 0.875. The van der Waals surface area contributed by atoms with Gasteiger partial charge in [-0.15, -0.1) is 0 Å². The summed E-state index contributed by atoms with van der Waals surface area (Å²) in [6, 6.07) is 4.25. The highest BCUT2D eigenvalue weighted by Crippen LogP contribution is 2.17. The highest BCUT2D eigenvalue weighted by atomic mass is 16.5. The smallest absolute Gasteiger partial charge is 0.317 e. The molecule has 1 aliphatic rings. The minimum atomic E-state index is -0.0401. The number of hydrogen-bond donors (Lipinski definition) is 2. The number of amides is 2. The van der Waals surface area contributed by atoms with Crippen LogP contribution < -0.4 is 5.32 Å². The average Bonchev–Trinajstić information content (AvgIpc) is 2.52. The molecule has 2 amide bonds. The standard InChI is InChI=1S/C18H28N2O3/c1-13-9-14(2)17(15(3)10-13)11-19-18(22)20-6-4-5-16(12-20)23-8-7-21/h9-10,16,21H,4-8,11-12H2,1-3H3,(H,19,22)/t16-/m1/s1. The normalized spacial score (nSPS) is 18.1. The molecule has 5 heteroatoms. The van der Waals surface area contributed by atoms with Crippen LogP contribution in [0.5, 0.6) is 0 Å². The van der Waals surface area contributed by atoms with E-state index in [-0.39, 0.29) is 18.7 Å². The molecular weight excluding hydrogens is 292 g/mol. The number of likely N-dealkylation sites (tertiary alicyclic amines) is 1. The van der Waals surface area contributed by atoms with Gasteiger partial charge in [-0.1, -0.05) is 17.7 Å². The van der Waals surface area contributed by atoms with Gasteiger partial charge in [0.05, 0.1) is 19.3 Å². The Morgan fingerprint density at radius 1 is 1.35 bits per heavy atom. The summed E-state index contributed by atoms with van der Waals surface area (Å²) in [5, 5.41) is 11.9. The van der Waals surface area contributed by atoms with Crippen molar-refractivity contribution < 1.29 is 14.6 Å². The van der Waals surface area contributed by atoms with Crippen LogP contribution in [0.1, 0.15) is 35.1 Å². The van der Waals surface area contributed by atoms with Crippen LogP contribution >= 0.6 is 0 Å². The first kappa shape index (κ1) is 17.8. The van der Waals surface area contributed by atoms with Gasteiger partial charge in [-0.2, -0.15) is 0 Å². The van der Waals surface area contributed by atoms with Crippen LogP contribution in [0.25, 0.3) is 0 Å². The van der Waals surface area contributed by atoms with Crippen molar-refractivity contribution in [1.82, 2.24) is 10.2 Å². The second-order valence-electron chi connectivity index (χ2n) is 6.34. The maximum Gasteiger partial charge on any atom is 0.317 e. The van der Waals surface area contributed by atoms with Gasteiger partial charge in [0.1, 0.15) is 0 Å². The third-order valence-electron chi connectivity index (χ3n) is 4.37. The molecule has 5 nitrogen and oxygen atoms in total. The summed E-state index contributed by atoms with van der Waals surface area (Å²) in [7, 11) is 0. The minimum absolute atomic E-state index is 0.0225. The molecule has 1 aromatic rings. The minimum Gasteiger partial charge on any atom is -0.394 e. The first-order valence-electron chi connectivity index (χ1n) is 8.33. The summed E-state index contributed by atoms with van der Waals surface area (Å²) >= 11 is 0. The molecule has 0 spiro atoms. The lowest BCUT2D eigenvalue weighted by Crippen LogP contribution is -2.47. The lowest BCUT2D eigenvalue weighted by molar-refractivity contribution is -0.00580. The topological polar surface area (TPSA) is 61.8 Å². The molecule has 0 aromatic heterocycles. The molecule has 1 aromatic carbocycles. The summed E-state index contributed by atoms with van der Waals surface area (Å²) < 4.78 is 5.56. The van der Waals surface area contributed by atoms with Crippen molar-refractivity contribution in [3.05, 3.63) is 34.4 Å². The van der Waals surface area contributed by atoms with Crippen LogP contribution in [-0.2, 0) is 11.3 Å². The Labute approximate surface area is 138 Å². The van der Waals surface area contributed by atoms with Crippen molar-refractivity contribution in [2.24, 2.45) is 0 Å². The number of ether oxygens (including phenoxy) is 1. The van der Waals surface area contributed by atoms with Crippen LogP contribution in [0.2, 0.25) is 0 Å². The van der Waals surface area contributed by atoms with E-state index in [4.69, 9.17) is 9.84 Å². The number of hydrogen-bond acceptors (Lipinski definition) is 3. The number of carbonyl (C=O) groups excluding carboxylic acids is 1. The molecule has 1 fully saturated rings. The van der Waals surface area contributed by atoms with Crippen molar-refractivity contribution >= 4 is 6.03 Å². The third-order valence-corrected chi connectivity index (χ3v) is 4.37. The molecule has 1 aliphatic heterocycles. The fraction of sp³-hybridized carbons (Fsp3) is 0.611. The van der Waals surface area contributed by atoms with Crippen molar-refractivity contribution in [3.8, 4) is 0 Å². The summed E-state index contributed by atoms with van der Waals surface area (Å²) in [5.74, 6) is 0. The fourth-order valence-corrected chi connectivity index (χ4v) is 3.24. The van der Waals surface area contributed by atoms with E-state index in [1.165, 1.54) is 22.3 Å². The molecule has 0 saturated carbocycles. The summed E-state index contributed by atoms with van der Waals surface area (Å²) in [4.78, 5) is 14.2. The van der Waals surface area contributed by atoms with E-state index in [0.717, 1.165) is 19.4 Å². The highest BCUT2D eigenvalue weighted by molar-refractivity contribution is 5.74.